The van der Waals surface area contributed by atoms with E-state index in [1.54, 1.807) is 13.0 Å². The molecule has 3 N–H and O–H groups in total. The summed E-state index contributed by atoms with van der Waals surface area (Å²) in [5.74, 6) is 0.477. The third-order valence-corrected chi connectivity index (χ3v) is 3.49. The second-order valence-corrected chi connectivity index (χ2v) is 4.97. The fourth-order valence-electron chi connectivity index (χ4n) is 1.19. The van der Waals surface area contributed by atoms with Crippen molar-refractivity contribution in [1.82, 2.24) is 4.98 Å². The van der Waals surface area contributed by atoms with Gasteiger partial charge in [-0.2, -0.15) is 0 Å². The normalized spacial score (nSPS) is 12.2. The number of esters is 1. The second kappa shape index (κ2) is 7.23. The zero-order valence-corrected chi connectivity index (χ0v) is 11.4. The van der Waals surface area contributed by atoms with E-state index < -0.39 is 5.97 Å². The van der Waals surface area contributed by atoms with E-state index in [2.05, 4.69) is 4.98 Å². The number of hydrogen-bond acceptors (Lipinski definition) is 6. The summed E-state index contributed by atoms with van der Waals surface area (Å²) in [6.45, 7) is 4.13. The van der Waals surface area contributed by atoms with Crippen LogP contribution in [0.1, 0.15) is 24.2 Å². The van der Waals surface area contributed by atoms with Gasteiger partial charge in [-0.25, -0.2) is 9.78 Å². The van der Waals surface area contributed by atoms with E-state index in [1.807, 2.05) is 6.92 Å². The number of aliphatic hydroxyl groups is 1. The van der Waals surface area contributed by atoms with Crippen LogP contribution in [0.15, 0.2) is 17.3 Å². The number of nitrogens with zero attached hydrogens (tertiary/aromatic N) is 1. The standard InChI is InChI=1S/C12H18N2O3S/c1-3-17-12(16)9-4-11(14-5-10(9)13)18-7-8(2)6-15/h4-5,8,15H,3,6-7,13H2,1-2H3. The van der Waals surface area contributed by atoms with Gasteiger partial charge in [-0.3, -0.25) is 0 Å². The summed E-state index contributed by atoms with van der Waals surface area (Å²) >= 11 is 1.48. The van der Waals surface area contributed by atoms with Gasteiger partial charge in [0, 0.05) is 12.4 Å². The molecule has 0 aliphatic heterocycles. The average Bonchev–Trinajstić information content (AvgIpc) is 2.37. The first-order chi connectivity index (χ1) is 8.58. The Morgan fingerprint density at radius 1 is 1.67 bits per heavy atom. The molecule has 1 unspecified atom stereocenters. The number of rotatable bonds is 6. The molecule has 0 aliphatic carbocycles. The lowest BCUT2D eigenvalue weighted by atomic mass is 10.2. The highest BCUT2D eigenvalue weighted by Crippen LogP contribution is 2.22. The number of carbonyl (C=O) groups excluding carboxylic acids is 1. The maximum Gasteiger partial charge on any atom is 0.340 e. The topological polar surface area (TPSA) is 85.4 Å². The Labute approximate surface area is 111 Å². The van der Waals surface area contributed by atoms with Crippen molar-refractivity contribution in [3.8, 4) is 0 Å². The SMILES string of the molecule is CCOC(=O)c1cc(SCC(C)CO)ncc1N. The second-order valence-electron chi connectivity index (χ2n) is 3.93. The summed E-state index contributed by atoms with van der Waals surface area (Å²) in [6.07, 6.45) is 1.46. The summed E-state index contributed by atoms with van der Waals surface area (Å²) in [5, 5.41) is 9.64. The molecule has 0 aromatic carbocycles. The van der Waals surface area contributed by atoms with Crippen LogP contribution in [0.25, 0.3) is 0 Å². The van der Waals surface area contributed by atoms with E-state index in [0.29, 0.717) is 22.9 Å². The molecule has 1 rings (SSSR count). The van der Waals surface area contributed by atoms with E-state index in [1.165, 1.54) is 18.0 Å². The smallest absolute Gasteiger partial charge is 0.340 e. The average molecular weight is 270 g/mol. The Morgan fingerprint density at radius 3 is 3.00 bits per heavy atom. The molecule has 0 saturated heterocycles. The Bertz CT molecular complexity index is 412. The lowest BCUT2D eigenvalue weighted by molar-refractivity contribution is 0.0527. The van der Waals surface area contributed by atoms with Gasteiger partial charge >= 0.3 is 5.97 Å². The molecule has 0 fully saturated rings. The van der Waals surface area contributed by atoms with Crippen LogP contribution in [0, 0.1) is 5.92 Å². The molecule has 6 heteroatoms. The highest BCUT2D eigenvalue weighted by molar-refractivity contribution is 7.99. The third kappa shape index (κ3) is 4.19. The molecule has 0 saturated carbocycles. The van der Waals surface area contributed by atoms with Crippen molar-refractivity contribution in [2.24, 2.45) is 5.92 Å². The first kappa shape index (κ1) is 14.8. The number of ether oxygens (including phenoxy) is 1. The molecule has 1 aromatic heterocycles. The highest BCUT2D eigenvalue weighted by atomic mass is 32.2. The Kier molecular flexibility index (Phi) is 5.94. The van der Waals surface area contributed by atoms with Crippen LogP contribution in [0.3, 0.4) is 0 Å². The lowest BCUT2D eigenvalue weighted by Crippen LogP contribution is -2.09. The summed E-state index contributed by atoms with van der Waals surface area (Å²) in [7, 11) is 0. The third-order valence-electron chi connectivity index (χ3n) is 2.23. The number of anilines is 1. The van der Waals surface area contributed by atoms with Crippen LogP contribution in [-0.2, 0) is 4.74 Å². The van der Waals surface area contributed by atoms with Crippen molar-refractivity contribution in [1.29, 1.82) is 0 Å². The predicted octanol–water partition coefficient (Wildman–Crippen LogP) is 1.56. The van der Waals surface area contributed by atoms with Crippen molar-refractivity contribution >= 4 is 23.4 Å². The molecule has 0 aliphatic rings. The van der Waals surface area contributed by atoms with Crippen molar-refractivity contribution in [2.75, 3.05) is 24.7 Å². The van der Waals surface area contributed by atoms with E-state index >= 15 is 0 Å². The van der Waals surface area contributed by atoms with Gasteiger partial charge in [0.15, 0.2) is 0 Å². The molecule has 5 nitrogen and oxygen atoms in total. The van der Waals surface area contributed by atoms with Gasteiger partial charge in [0.2, 0.25) is 0 Å². The Hall–Kier alpha value is -1.27. The lowest BCUT2D eigenvalue weighted by Gasteiger charge is -2.09. The van der Waals surface area contributed by atoms with Crippen LogP contribution >= 0.6 is 11.8 Å². The number of nitrogen functional groups attached to an aromatic ring is 1. The Balaban J connectivity index is 2.77. The molecule has 0 spiro atoms. The van der Waals surface area contributed by atoms with Crippen molar-refractivity contribution in [2.45, 2.75) is 18.9 Å². The van der Waals surface area contributed by atoms with Gasteiger partial charge in [0.05, 0.1) is 29.1 Å². The fourth-order valence-corrected chi connectivity index (χ4v) is 2.08. The number of nitrogens with two attached hydrogens (primary N) is 1. The molecule has 0 amide bonds. The first-order valence-corrected chi connectivity index (χ1v) is 6.73. The first-order valence-electron chi connectivity index (χ1n) is 5.74. The number of hydrogen-bond donors (Lipinski definition) is 2. The summed E-state index contributed by atoms with van der Waals surface area (Å²) < 4.78 is 4.91. The van der Waals surface area contributed by atoms with Crippen LogP contribution in [-0.4, -0.2) is 35.0 Å². The minimum absolute atomic E-state index is 0.132. The van der Waals surface area contributed by atoms with Crippen LogP contribution in [0.4, 0.5) is 5.69 Å². The van der Waals surface area contributed by atoms with Gasteiger partial charge in [-0.05, 0) is 18.9 Å². The maximum atomic E-state index is 11.6. The van der Waals surface area contributed by atoms with Gasteiger partial charge in [-0.15, -0.1) is 11.8 Å². The van der Waals surface area contributed by atoms with E-state index in [9.17, 15) is 4.79 Å². The summed E-state index contributed by atoms with van der Waals surface area (Å²) in [4.78, 5) is 15.8. The summed E-state index contributed by atoms with van der Waals surface area (Å²) in [5.41, 5.74) is 6.34. The van der Waals surface area contributed by atoms with Crippen molar-refractivity contribution in [3.63, 3.8) is 0 Å². The molecule has 1 atom stereocenters. The number of aliphatic hydroxyl groups excluding tert-OH is 1. The van der Waals surface area contributed by atoms with Gasteiger partial charge in [0.1, 0.15) is 0 Å². The largest absolute Gasteiger partial charge is 0.462 e. The van der Waals surface area contributed by atoms with Gasteiger partial charge < -0.3 is 15.6 Å². The quantitative estimate of drug-likeness (QED) is 0.602. The Morgan fingerprint density at radius 2 is 2.39 bits per heavy atom. The molecular weight excluding hydrogens is 252 g/mol. The molecule has 1 aromatic rings. The zero-order chi connectivity index (χ0) is 13.5. The van der Waals surface area contributed by atoms with E-state index in [0.717, 1.165) is 5.75 Å². The van der Waals surface area contributed by atoms with Gasteiger partial charge in [0.25, 0.3) is 0 Å². The maximum absolute atomic E-state index is 11.6. The fraction of sp³-hybridized carbons (Fsp3) is 0.500. The predicted molar refractivity (Wildman–Crippen MR) is 71.6 cm³/mol. The van der Waals surface area contributed by atoms with Crippen molar-refractivity contribution < 1.29 is 14.6 Å². The summed E-state index contributed by atoms with van der Waals surface area (Å²) in [6, 6.07) is 1.63. The van der Waals surface area contributed by atoms with Crippen LogP contribution in [0.2, 0.25) is 0 Å². The van der Waals surface area contributed by atoms with Crippen molar-refractivity contribution in [3.05, 3.63) is 17.8 Å². The monoisotopic (exact) mass is 270 g/mol. The molecule has 0 bridgehead atoms. The number of thioether (sulfide) groups is 1. The van der Waals surface area contributed by atoms with Gasteiger partial charge in [-0.1, -0.05) is 6.92 Å². The van der Waals surface area contributed by atoms with Crippen LogP contribution < -0.4 is 5.73 Å². The highest BCUT2D eigenvalue weighted by Gasteiger charge is 2.13. The molecular formula is C12H18N2O3S. The van der Waals surface area contributed by atoms with E-state index in [-0.39, 0.29) is 12.5 Å². The zero-order valence-electron chi connectivity index (χ0n) is 10.5. The van der Waals surface area contributed by atoms with Crippen LogP contribution in [0.5, 0.6) is 0 Å². The van der Waals surface area contributed by atoms with E-state index in [4.69, 9.17) is 15.6 Å². The molecule has 0 radical (unpaired) electrons. The number of carbonyl (C=O) groups is 1. The molecule has 18 heavy (non-hydrogen) atoms. The minimum atomic E-state index is -0.436. The number of pyridine rings is 1. The minimum Gasteiger partial charge on any atom is -0.462 e. The number of aromatic nitrogens is 1. The molecule has 100 valence electrons. The molecule has 1 heterocycles.